The first-order chi connectivity index (χ1) is 19.6. The van der Waals surface area contributed by atoms with Crippen LogP contribution in [0, 0.1) is 12.8 Å². The Balaban J connectivity index is 1.67. The van der Waals surface area contributed by atoms with Gasteiger partial charge in [-0.15, -0.1) is 0 Å². The molecule has 1 amide bonds. The maximum Gasteiger partial charge on any atom is 0.277 e. The van der Waals surface area contributed by atoms with Gasteiger partial charge < -0.3 is 18.9 Å². The smallest absolute Gasteiger partial charge is 0.277 e. The van der Waals surface area contributed by atoms with Crippen LogP contribution in [0.25, 0.3) is 22.0 Å². The number of fused-ring (bicyclic) bond motifs is 2. The van der Waals surface area contributed by atoms with Crippen molar-refractivity contribution in [1.29, 1.82) is 0 Å². The fourth-order valence-electron chi connectivity index (χ4n) is 5.53. The molecule has 2 aromatic carbocycles. The van der Waals surface area contributed by atoms with E-state index in [2.05, 4.69) is 11.9 Å². The summed E-state index contributed by atoms with van der Waals surface area (Å²) < 4.78 is 13.7. The summed E-state index contributed by atoms with van der Waals surface area (Å²) in [6.45, 7) is 13.5. The minimum Gasteiger partial charge on any atom is -0.491 e. The van der Waals surface area contributed by atoms with Gasteiger partial charge in [-0.2, -0.15) is 0 Å². The summed E-state index contributed by atoms with van der Waals surface area (Å²) in [4.78, 5) is 34.7. The molecule has 7 nitrogen and oxygen atoms in total. The van der Waals surface area contributed by atoms with Gasteiger partial charge in [0, 0.05) is 42.8 Å². The molecule has 2 aromatic heterocycles. The first kappa shape index (κ1) is 28.4. The number of aryl methyl sites for hydroxylation is 1. The van der Waals surface area contributed by atoms with Crippen molar-refractivity contribution < 1.29 is 14.3 Å². The quantitative estimate of drug-likeness (QED) is 0.257. The van der Waals surface area contributed by atoms with Gasteiger partial charge in [-0.1, -0.05) is 42.8 Å². The van der Waals surface area contributed by atoms with Crippen LogP contribution in [-0.4, -0.2) is 39.1 Å². The van der Waals surface area contributed by atoms with Crippen LogP contribution in [0.2, 0.25) is 0 Å². The van der Waals surface area contributed by atoms with Gasteiger partial charge in [0.2, 0.25) is 0 Å². The predicted octanol–water partition coefficient (Wildman–Crippen LogP) is 6.63. The Labute approximate surface area is 241 Å². The maximum absolute atomic E-state index is 14.6. The van der Waals surface area contributed by atoms with E-state index in [4.69, 9.17) is 9.47 Å². The SMILES string of the molecule is Cc1ccc(-c2c3n(c(=O)c4ncccc24)CC[C@@H](C)CN(Cc2cc(OC(C)C)cc(OC(C)C)c2)C3=O)cc1. The summed E-state index contributed by atoms with van der Waals surface area (Å²) in [7, 11) is 0. The van der Waals surface area contributed by atoms with Crippen LogP contribution < -0.4 is 15.0 Å². The van der Waals surface area contributed by atoms with Gasteiger partial charge in [-0.25, -0.2) is 0 Å². The third kappa shape index (κ3) is 6.14. The predicted molar refractivity (Wildman–Crippen MR) is 163 cm³/mol. The van der Waals surface area contributed by atoms with Gasteiger partial charge in [0.1, 0.15) is 22.7 Å². The number of hydrogen-bond donors (Lipinski definition) is 0. The normalized spacial score (nSPS) is 15.7. The fourth-order valence-corrected chi connectivity index (χ4v) is 5.53. The second-order valence-corrected chi connectivity index (χ2v) is 11.7. The van der Waals surface area contributed by atoms with Crippen LogP contribution in [-0.2, 0) is 13.1 Å². The summed E-state index contributed by atoms with van der Waals surface area (Å²) in [5.41, 5.74) is 4.24. The van der Waals surface area contributed by atoms with Gasteiger partial charge in [0.25, 0.3) is 11.5 Å². The number of carbonyl (C=O) groups excluding carboxylic acids is 1. The molecule has 1 aliphatic rings. The number of hydrogen-bond acceptors (Lipinski definition) is 5. The molecule has 0 spiro atoms. The van der Waals surface area contributed by atoms with Crippen LogP contribution in [0.1, 0.15) is 62.7 Å². The van der Waals surface area contributed by atoms with E-state index in [0.29, 0.717) is 47.7 Å². The van der Waals surface area contributed by atoms with Crippen LogP contribution in [0.4, 0.5) is 0 Å². The van der Waals surface area contributed by atoms with Crippen LogP contribution >= 0.6 is 0 Å². The summed E-state index contributed by atoms with van der Waals surface area (Å²) in [6.07, 6.45) is 2.40. The van der Waals surface area contributed by atoms with E-state index in [-0.39, 0.29) is 29.6 Å². The molecule has 7 heteroatoms. The number of benzene rings is 2. The first-order valence-corrected chi connectivity index (χ1v) is 14.5. The van der Waals surface area contributed by atoms with Crippen molar-refractivity contribution in [2.75, 3.05) is 6.54 Å². The Morgan fingerprint density at radius 3 is 2.24 bits per heavy atom. The molecule has 0 fully saturated rings. The van der Waals surface area contributed by atoms with Crippen molar-refractivity contribution in [3.8, 4) is 22.6 Å². The monoisotopic (exact) mass is 553 g/mol. The molecule has 41 heavy (non-hydrogen) atoms. The van der Waals surface area contributed by atoms with Crippen LogP contribution in [0.15, 0.2) is 65.6 Å². The first-order valence-electron chi connectivity index (χ1n) is 14.5. The number of amides is 1. The molecular weight excluding hydrogens is 514 g/mol. The molecule has 0 saturated carbocycles. The lowest BCUT2D eigenvalue weighted by Gasteiger charge is -2.32. The lowest BCUT2D eigenvalue weighted by atomic mass is 9.95. The highest BCUT2D eigenvalue weighted by atomic mass is 16.5. The second-order valence-electron chi connectivity index (χ2n) is 11.7. The molecule has 0 unspecified atom stereocenters. The summed E-state index contributed by atoms with van der Waals surface area (Å²) in [5, 5.41) is 0.689. The molecule has 4 aromatic rings. The Bertz CT molecular complexity index is 1590. The van der Waals surface area contributed by atoms with Crippen molar-refractivity contribution in [2.45, 2.75) is 73.3 Å². The average molecular weight is 554 g/mol. The van der Waals surface area contributed by atoms with Crippen LogP contribution in [0.5, 0.6) is 11.5 Å². The van der Waals surface area contributed by atoms with E-state index in [1.807, 2.05) is 94.1 Å². The van der Waals surface area contributed by atoms with Gasteiger partial charge in [-0.3, -0.25) is 14.6 Å². The van der Waals surface area contributed by atoms with E-state index < -0.39 is 0 Å². The third-order valence-electron chi connectivity index (χ3n) is 7.30. The highest BCUT2D eigenvalue weighted by Gasteiger charge is 2.30. The molecule has 1 aliphatic heterocycles. The average Bonchev–Trinajstić information content (AvgIpc) is 2.91. The molecule has 0 N–H and O–H groups in total. The van der Waals surface area contributed by atoms with Crippen molar-refractivity contribution in [3.63, 3.8) is 0 Å². The zero-order valence-electron chi connectivity index (χ0n) is 24.8. The van der Waals surface area contributed by atoms with Gasteiger partial charge >= 0.3 is 0 Å². The topological polar surface area (TPSA) is 73.7 Å². The molecule has 3 heterocycles. The number of aromatic nitrogens is 2. The molecule has 0 bridgehead atoms. The Morgan fingerprint density at radius 1 is 0.951 bits per heavy atom. The standard InChI is InChI=1S/C34H39N3O4/c1-21(2)40-27-16-25(17-28(18-27)41-22(3)4)20-36-19-24(6)13-15-37-32(34(36)39)30(26-11-9-23(5)10-12-26)29-8-7-14-35-31(29)33(37)38/h7-12,14,16-18,21-22,24H,13,15,19-20H2,1-6H3/t24-/m1/s1. The molecular formula is C34H39N3O4. The highest BCUT2D eigenvalue weighted by Crippen LogP contribution is 2.33. The summed E-state index contributed by atoms with van der Waals surface area (Å²) in [6, 6.07) is 17.6. The molecule has 5 rings (SSSR count). The largest absolute Gasteiger partial charge is 0.491 e. The minimum atomic E-state index is -0.228. The van der Waals surface area contributed by atoms with Crippen LogP contribution in [0.3, 0.4) is 0 Å². The Kier molecular flexibility index (Phi) is 8.15. The number of pyridine rings is 2. The molecule has 0 radical (unpaired) electrons. The number of nitrogens with zero attached hydrogens (tertiary/aromatic N) is 3. The minimum absolute atomic E-state index is 0.00165. The highest BCUT2D eigenvalue weighted by molar-refractivity contribution is 6.07. The number of rotatable bonds is 7. The summed E-state index contributed by atoms with van der Waals surface area (Å²) >= 11 is 0. The molecule has 214 valence electrons. The van der Waals surface area contributed by atoms with Crippen molar-refractivity contribution >= 4 is 16.8 Å². The number of ether oxygens (including phenoxy) is 2. The summed E-state index contributed by atoms with van der Waals surface area (Å²) in [5.74, 6) is 1.43. The lowest BCUT2D eigenvalue weighted by molar-refractivity contribution is 0.0686. The van der Waals surface area contributed by atoms with E-state index >= 15 is 0 Å². The molecule has 0 aliphatic carbocycles. The molecule has 0 saturated heterocycles. The zero-order chi connectivity index (χ0) is 29.3. The van der Waals surface area contributed by atoms with E-state index in [1.54, 1.807) is 10.8 Å². The van der Waals surface area contributed by atoms with Crippen molar-refractivity contribution in [1.82, 2.24) is 14.5 Å². The van der Waals surface area contributed by atoms with E-state index in [9.17, 15) is 9.59 Å². The van der Waals surface area contributed by atoms with Gasteiger partial charge in [0.15, 0.2) is 0 Å². The molecule has 1 atom stereocenters. The lowest BCUT2D eigenvalue weighted by Crippen LogP contribution is -2.41. The van der Waals surface area contributed by atoms with E-state index in [1.165, 1.54) is 0 Å². The third-order valence-corrected chi connectivity index (χ3v) is 7.30. The second kappa shape index (κ2) is 11.8. The van der Waals surface area contributed by atoms with Gasteiger partial charge in [0.05, 0.1) is 12.2 Å². The van der Waals surface area contributed by atoms with Crippen molar-refractivity contribution in [3.05, 3.63) is 88.0 Å². The van der Waals surface area contributed by atoms with Gasteiger partial charge in [-0.05, 0) is 76.3 Å². The fraction of sp³-hybridized carbons (Fsp3) is 0.382. The van der Waals surface area contributed by atoms with E-state index in [0.717, 1.165) is 28.7 Å². The Hall–Kier alpha value is -4.13. The number of carbonyl (C=O) groups is 1. The van der Waals surface area contributed by atoms with Crippen molar-refractivity contribution in [2.24, 2.45) is 5.92 Å². The Morgan fingerprint density at radius 2 is 1.61 bits per heavy atom. The maximum atomic E-state index is 14.6. The zero-order valence-corrected chi connectivity index (χ0v) is 24.8.